The molecule has 21 heavy (non-hydrogen) atoms. The second-order valence-electron chi connectivity index (χ2n) is 5.68. The minimum absolute atomic E-state index is 0.0301. The highest BCUT2D eigenvalue weighted by atomic mass is 16.5. The van der Waals surface area contributed by atoms with Crippen LogP contribution in [-0.4, -0.2) is 36.5 Å². The van der Waals surface area contributed by atoms with Gasteiger partial charge < -0.3 is 16.2 Å². The van der Waals surface area contributed by atoms with Crippen molar-refractivity contribution >= 4 is 5.91 Å². The Balaban J connectivity index is 1.85. The molecule has 0 aromatic heterocycles. The highest BCUT2D eigenvalue weighted by Gasteiger charge is 2.28. The van der Waals surface area contributed by atoms with Crippen molar-refractivity contribution in [3.8, 4) is 5.75 Å². The number of carbonyl (C=O) groups excluding carboxylic acids is 1. The Bertz CT molecular complexity index is 478. The molecule has 116 valence electrons. The lowest BCUT2D eigenvalue weighted by molar-refractivity contribution is -0.124. The van der Waals surface area contributed by atoms with Crippen LogP contribution < -0.4 is 16.2 Å². The SMILES string of the molecule is CC1CCC(C(N)=O)CN1CCOc1ccccc1CN. The molecule has 2 unspecified atom stereocenters. The zero-order valence-corrected chi connectivity index (χ0v) is 12.6. The van der Waals surface area contributed by atoms with E-state index in [-0.39, 0.29) is 11.8 Å². The van der Waals surface area contributed by atoms with Gasteiger partial charge in [-0.3, -0.25) is 9.69 Å². The molecule has 4 N–H and O–H groups in total. The first-order chi connectivity index (χ1) is 10.1. The van der Waals surface area contributed by atoms with E-state index in [1.807, 2.05) is 24.3 Å². The van der Waals surface area contributed by atoms with Gasteiger partial charge in [0.2, 0.25) is 5.91 Å². The van der Waals surface area contributed by atoms with Gasteiger partial charge in [-0.1, -0.05) is 18.2 Å². The van der Waals surface area contributed by atoms with E-state index in [0.717, 1.165) is 37.2 Å². The van der Waals surface area contributed by atoms with Gasteiger partial charge in [0.25, 0.3) is 0 Å². The quantitative estimate of drug-likeness (QED) is 0.822. The highest BCUT2D eigenvalue weighted by Crippen LogP contribution is 2.22. The number of para-hydroxylation sites is 1. The van der Waals surface area contributed by atoms with E-state index in [0.29, 0.717) is 19.2 Å². The maximum atomic E-state index is 11.3. The van der Waals surface area contributed by atoms with Crippen molar-refractivity contribution in [2.24, 2.45) is 17.4 Å². The van der Waals surface area contributed by atoms with Crippen LogP contribution in [0.5, 0.6) is 5.75 Å². The summed E-state index contributed by atoms with van der Waals surface area (Å²) in [5.41, 5.74) is 12.1. The first kappa shape index (κ1) is 15.8. The smallest absolute Gasteiger partial charge is 0.221 e. The highest BCUT2D eigenvalue weighted by molar-refractivity contribution is 5.76. The number of piperidine rings is 1. The fraction of sp³-hybridized carbons (Fsp3) is 0.562. The van der Waals surface area contributed by atoms with Crippen molar-refractivity contribution in [1.29, 1.82) is 0 Å². The molecule has 1 heterocycles. The average molecular weight is 291 g/mol. The lowest BCUT2D eigenvalue weighted by Crippen LogP contribution is -2.47. The van der Waals surface area contributed by atoms with Crippen molar-refractivity contribution in [3.63, 3.8) is 0 Å². The van der Waals surface area contributed by atoms with Crippen molar-refractivity contribution in [2.45, 2.75) is 32.4 Å². The van der Waals surface area contributed by atoms with E-state index in [9.17, 15) is 4.79 Å². The van der Waals surface area contributed by atoms with Crippen LogP contribution in [0.1, 0.15) is 25.3 Å². The van der Waals surface area contributed by atoms with E-state index in [2.05, 4.69) is 11.8 Å². The lowest BCUT2D eigenvalue weighted by Gasteiger charge is -2.36. The van der Waals surface area contributed by atoms with E-state index >= 15 is 0 Å². The standard InChI is InChI=1S/C16H25N3O2/c1-12-6-7-14(16(18)20)11-19(12)8-9-21-15-5-3-2-4-13(15)10-17/h2-5,12,14H,6-11,17H2,1H3,(H2,18,20). The zero-order valence-electron chi connectivity index (χ0n) is 12.6. The zero-order chi connectivity index (χ0) is 15.2. The molecule has 0 aliphatic carbocycles. The number of ether oxygens (including phenoxy) is 1. The van der Waals surface area contributed by atoms with Crippen molar-refractivity contribution < 1.29 is 9.53 Å². The number of nitrogens with two attached hydrogens (primary N) is 2. The molecule has 1 amide bonds. The maximum absolute atomic E-state index is 11.3. The van der Waals surface area contributed by atoms with Gasteiger partial charge in [-0.15, -0.1) is 0 Å². The third-order valence-corrected chi connectivity index (χ3v) is 4.24. The summed E-state index contributed by atoms with van der Waals surface area (Å²) in [6, 6.07) is 8.28. The van der Waals surface area contributed by atoms with Gasteiger partial charge in [0, 0.05) is 31.2 Å². The molecule has 5 nitrogen and oxygen atoms in total. The van der Waals surface area contributed by atoms with Gasteiger partial charge in [-0.2, -0.15) is 0 Å². The minimum atomic E-state index is -0.193. The molecule has 1 aliphatic rings. The van der Waals surface area contributed by atoms with Crippen LogP contribution >= 0.6 is 0 Å². The summed E-state index contributed by atoms with van der Waals surface area (Å²) in [6.07, 6.45) is 1.90. The Morgan fingerprint density at radius 2 is 2.14 bits per heavy atom. The van der Waals surface area contributed by atoms with Crippen LogP contribution in [0.3, 0.4) is 0 Å². The number of primary amides is 1. The van der Waals surface area contributed by atoms with Crippen LogP contribution in [0.4, 0.5) is 0 Å². The van der Waals surface area contributed by atoms with E-state index in [4.69, 9.17) is 16.2 Å². The molecule has 0 radical (unpaired) electrons. The third-order valence-electron chi connectivity index (χ3n) is 4.24. The summed E-state index contributed by atoms with van der Waals surface area (Å²) in [5.74, 6) is 0.620. The summed E-state index contributed by atoms with van der Waals surface area (Å²) >= 11 is 0. The van der Waals surface area contributed by atoms with Gasteiger partial charge in [0.05, 0.1) is 5.92 Å². The number of hydrogen-bond acceptors (Lipinski definition) is 4. The van der Waals surface area contributed by atoms with Crippen LogP contribution in [0.25, 0.3) is 0 Å². The number of hydrogen-bond donors (Lipinski definition) is 2. The summed E-state index contributed by atoms with van der Waals surface area (Å²) in [5, 5.41) is 0. The molecule has 5 heteroatoms. The number of carbonyl (C=O) groups is 1. The third kappa shape index (κ3) is 4.19. The second-order valence-corrected chi connectivity index (χ2v) is 5.68. The first-order valence-electron chi connectivity index (χ1n) is 7.56. The molecule has 1 saturated heterocycles. The lowest BCUT2D eigenvalue weighted by atomic mass is 9.93. The van der Waals surface area contributed by atoms with Crippen LogP contribution in [0, 0.1) is 5.92 Å². The molecular weight excluding hydrogens is 266 g/mol. The number of likely N-dealkylation sites (tertiary alicyclic amines) is 1. The van der Waals surface area contributed by atoms with E-state index in [1.165, 1.54) is 0 Å². The van der Waals surface area contributed by atoms with Gasteiger partial charge in [-0.25, -0.2) is 0 Å². The monoisotopic (exact) mass is 291 g/mol. The van der Waals surface area contributed by atoms with Crippen molar-refractivity contribution in [1.82, 2.24) is 4.90 Å². The topological polar surface area (TPSA) is 81.6 Å². The van der Waals surface area contributed by atoms with Crippen LogP contribution in [0.15, 0.2) is 24.3 Å². The summed E-state index contributed by atoms with van der Waals surface area (Å²) < 4.78 is 5.84. The Hall–Kier alpha value is -1.59. The molecular formula is C16H25N3O2. The second kappa shape index (κ2) is 7.43. The molecule has 0 spiro atoms. The first-order valence-corrected chi connectivity index (χ1v) is 7.56. The largest absolute Gasteiger partial charge is 0.492 e. The number of nitrogens with zero attached hydrogens (tertiary/aromatic N) is 1. The number of benzene rings is 1. The van der Waals surface area contributed by atoms with Crippen molar-refractivity contribution in [2.75, 3.05) is 19.7 Å². The average Bonchev–Trinajstić information content (AvgIpc) is 2.49. The van der Waals surface area contributed by atoms with E-state index in [1.54, 1.807) is 0 Å². The summed E-state index contributed by atoms with van der Waals surface area (Å²) in [6.45, 7) is 4.78. The molecule has 2 rings (SSSR count). The number of rotatable bonds is 6. The van der Waals surface area contributed by atoms with Gasteiger partial charge in [0.15, 0.2) is 0 Å². The van der Waals surface area contributed by atoms with Gasteiger partial charge >= 0.3 is 0 Å². The van der Waals surface area contributed by atoms with Gasteiger partial charge in [-0.05, 0) is 25.8 Å². The Labute approximate surface area is 126 Å². The molecule has 1 fully saturated rings. The summed E-state index contributed by atoms with van der Waals surface area (Å²) in [4.78, 5) is 13.6. The molecule has 1 aromatic carbocycles. The normalized spacial score (nSPS) is 23.0. The molecule has 1 aromatic rings. The predicted octanol–water partition coefficient (Wildman–Crippen LogP) is 1.11. The predicted molar refractivity (Wildman–Crippen MR) is 82.8 cm³/mol. The fourth-order valence-electron chi connectivity index (χ4n) is 2.81. The van der Waals surface area contributed by atoms with Crippen molar-refractivity contribution in [3.05, 3.63) is 29.8 Å². The van der Waals surface area contributed by atoms with Crippen LogP contribution in [-0.2, 0) is 11.3 Å². The van der Waals surface area contributed by atoms with Crippen LogP contribution in [0.2, 0.25) is 0 Å². The summed E-state index contributed by atoms with van der Waals surface area (Å²) in [7, 11) is 0. The van der Waals surface area contributed by atoms with Gasteiger partial charge in [0.1, 0.15) is 12.4 Å². The molecule has 1 aliphatic heterocycles. The van der Waals surface area contributed by atoms with E-state index < -0.39 is 0 Å². The Morgan fingerprint density at radius 3 is 2.86 bits per heavy atom. The maximum Gasteiger partial charge on any atom is 0.221 e. The number of amides is 1. The molecule has 0 saturated carbocycles. The Morgan fingerprint density at radius 1 is 1.38 bits per heavy atom. The molecule has 2 atom stereocenters. The fourth-order valence-corrected chi connectivity index (χ4v) is 2.81. The minimum Gasteiger partial charge on any atom is -0.492 e. The molecule has 0 bridgehead atoms. The Kier molecular flexibility index (Phi) is 5.59.